The van der Waals surface area contributed by atoms with Crippen LogP contribution in [0.15, 0.2) is 5.10 Å². The fourth-order valence-corrected chi connectivity index (χ4v) is 1.09. The molecule has 0 aromatic carbocycles. The summed E-state index contributed by atoms with van der Waals surface area (Å²) in [5.74, 6) is 4.96. The Hall–Kier alpha value is -0.530. The van der Waals surface area contributed by atoms with Crippen molar-refractivity contribution in [3.63, 3.8) is 0 Å². The van der Waals surface area contributed by atoms with Gasteiger partial charge in [-0.25, -0.2) is 0 Å². The highest BCUT2D eigenvalue weighted by Gasteiger charge is 1.87. The fourth-order valence-electron chi connectivity index (χ4n) is 1.09. The maximum absolute atomic E-state index is 4.96. The summed E-state index contributed by atoms with van der Waals surface area (Å²) in [5, 5.41) is 3.44. The van der Waals surface area contributed by atoms with E-state index in [0.717, 1.165) is 6.42 Å². The van der Waals surface area contributed by atoms with Crippen LogP contribution in [0.4, 0.5) is 0 Å². The Bertz CT molecular complexity index is 89.6. The molecular formula is C9H20N2. The number of nitrogens with zero attached hydrogens (tertiary/aromatic N) is 1. The first-order chi connectivity index (χ1) is 5.41. The Labute approximate surface area is 69.9 Å². The van der Waals surface area contributed by atoms with Gasteiger partial charge in [0.15, 0.2) is 0 Å². The third kappa shape index (κ3) is 9.47. The molecule has 0 aromatic rings. The zero-order valence-corrected chi connectivity index (χ0v) is 7.55. The smallest absolute Gasteiger partial charge is 0.0240 e. The van der Waals surface area contributed by atoms with Crippen molar-refractivity contribution in [3.05, 3.63) is 0 Å². The van der Waals surface area contributed by atoms with Crippen LogP contribution in [0.3, 0.4) is 0 Å². The lowest BCUT2D eigenvalue weighted by Gasteiger charge is -1.96. The molecule has 0 unspecified atom stereocenters. The van der Waals surface area contributed by atoms with Crippen LogP contribution < -0.4 is 5.84 Å². The highest BCUT2D eigenvalue weighted by molar-refractivity contribution is 5.56. The molecule has 2 nitrogen and oxygen atoms in total. The first kappa shape index (κ1) is 10.5. The van der Waals surface area contributed by atoms with Crippen LogP contribution in [-0.4, -0.2) is 6.21 Å². The topological polar surface area (TPSA) is 38.4 Å². The monoisotopic (exact) mass is 156 g/mol. The third-order valence-corrected chi connectivity index (χ3v) is 1.79. The van der Waals surface area contributed by atoms with Crippen molar-refractivity contribution in [2.45, 2.75) is 51.9 Å². The minimum absolute atomic E-state index is 1.04. The molecule has 0 atom stereocenters. The van der Waals surface area contributed by atoms with E-state index in [9.17, 15) is 0 Å². The average molecular weight is 156 g/mol. The predicted octanol–water partition coefficient (Wildman–Crippen LogP) is 2.68. The second-order valence-electron chi connectivity index (χ2n) is 2.89. The van der Waals surface area contributed by atoms with E-state index in [2.05, 4.69) is 12.0 Å². The van der Waals surface area contributed by atoms with Gasteiger partial charge in [-0.15, -0.1) is 0 Å². The molecule has 0 rings (SSSR count). The molecule has 0 aliphatic rings. The average Bonchev–Trinajstić information content (AvgIpc) is 2.03. The zero-order valence-electron chi connectivity index (χ0n) is 7.55. The van der Waals surface area contributed by atoms with Crippen LogP contribution in [-0.2, 0) is 0 Å². The van der Waals surface area contributed by atoms with Crippen LogP contribution in [0.2, 0.25) is 0 Å². The van der Waals surface area contributed by atoms with Crippen LogP contribution in [0.25, 0.3) is 0 Å². The Balaban J connectivity index is 2.79. The van der Waals surface area contributed by atoms with Crippen molar-refractivity contribution >= 4 is 6.21 Å². The summed E-state index contributed by atoms with van der Waals surface area (Å²) < 4.78 is 0. The molecule has 0 aliphatic heterocycles. The number of unbranched alkanes of at least 4 members (excludes halogenated alkanes) is 6. The fraction of sp³-hybridized carbons (Fsp3) is 0.889. The number of rotatable bonds is 7. The molecule has 0 spiro atoms. The van der Waals surface area contributed by atoms with E-state index in [4.69, 9.17) is 5.84 Å². The molecule has 0 aromatic heterocycles. The maximum Gasteiger partial charge on any atom is 0.0240 e. The van der Waals surface area contributed by atoms with E-state index in [1.54, 1.807) is 6.21 Å². The summed E-state index contributed by atoms with van der Waals surface area (Å²) in [5.41, 5.74) is 0. The van der Waals surface area contributed by atoms with Crippen LogP contribution >= 0.6 is 0 Å². The van der Waals surface area contributed by atoms with Gasteiger partial charge in [-0.3, -0.25) is 0 Å². The van der Waals surface area contributed by atoms with Gasteiger partial charge in [-0.1, -0.05) is 39.0 Å². The van der Waals surface area contributed by atoms with Crippen molar-refractivity contribution in [1.29, 1.82) is 0 Å². The second kappa shape index (κ2) is 9.47. The summed E-state index contributed by atoms with van der Waals surface area (Å²) in [7, 11) is 0. The van der Waals surface area contributed by atoms with Gasteiger partial charge in [0.2, 0.25) is 0 Å². The number of hydrogen-bond acceptors (Lipinski definition) is 2. The van der Waals surface area contributed by atoms with E-state index in [1.165, 1.54) is 38.5 Å². The van der Waals surface area contributed by atoms with Crippen molar-refractivity contribution in [3.8, 4) is 0 Å². The lowest BCUT2D eigenvalue weighted by atomic mass is 10.1. The summed E-state index contributed by atoms with van der Waals surface area (Å²) in [6.45, 7) is 2.24. The lowest BCUT2D eigenvalue weighted by molar-refractivity contribution is 0.616. The summed E-state index contributed by atoms with van der Waals surface area (Å²) in [4.78, 5) is 0. The van der Waals surface area contributed by atoms with Gasteiger partial charge < -0.3 is 5.84 Å². The zero-order chi connectivity index (χ0) is 8.36. The van der Waals surface area contributed by atoms with Gasteiger partial charge in [-0.2, -0.15) is 5.10 Å². The summed E-state index contributed by atoms with van der Waals surface area (Å²) in [6, 6.07) is 0. The standard InChI is InChI=1S/C9H20N2/c1-2-3-4-5-6-7-8-9-11-10/h9H,2-8,10H2,1H3. The minimum Gasteiger partial charge on any atom is -0.324 e. The van der Waals surface area contributed by atoms with Crippen molar-refractivity contribution in [1.82, 2.24) is 0 Å². The molecular weight excluding hydrogens is 136 g/mol. The van der Waals surface area contributed by atoms with Crippen LogP contribution in [0.1, 0.15) is 51.9 Å². The van der Waals surface area contributed by atoms with E-state index < -0.39 is 0 Å². The molecule has 0 saturated heterocycles. The Morgan fingerprint density at radius 1 is 1.09 bits per heavy atom. The van der Waals surface area contributed by atoms with E-state index in [1.807, 2.05) is 0 Å². The largest absolute Gasteiger partial charge is 0.324 e. The van der Waals surface area contributed by atoms with Crippen LogP contribution in [0, 0.1) is 0 Å². The van der Waals surface area contributed by atoms with Crippen molar-refractivity contribution in [2.24, 2.45) is 10.9 Å². The molecule has 0 aliphatic carbocycles. The number of hydrazone groups is 1. The Kier molecular flexibility index (Phi) is 9.01. The van der Waals surface area contributed by atoms with Crippen molar-refractivity contribution < 1.29 is 0 Å². The molecule has 11 heavy (non-hydrogen) atoms. The molecule has 2 heteroatoms. The van der Waals surface area contributed by atoms with E-state index >= 15 is 0 Å². The first-order valence-electron chi connectivity index (χ1n) is 4.63. The minimum atomic E-state index is 1.04. The van der Waals surface area contributed by atoms with E-state index in [0.29, 0.717) is 0 Å². The lowest BCUT2D eigenvalue weighted by Crippen LogP contribution is -1.84. The first-order valence-corrected chi connectivity index (χ1v) is 4.63. The quantitative estimate of drug-likeness (QED) is 0.262. The predicted molar refractivity (Wildman–Crippen MR) is 50.7 cm³/mol. The molecule has 0 radical (unpaired) electrons. The maximum atomic E-state index is 4.96. The van der Waals surface area contributed by atoms with Gasteiger partial charge >= 0.3 is 0 Å². The van der Waals surface area contributed by atoms with Gasteiger partial charge in [0.05, 0.1) is 0 Å². The van der Waals surface area contributed by atoms with Gasteiger partial charge in [0.1, 0.15) is 0 Å². The molecule has 0 heterocycles. The molecule has 0 bridgehead atoms. The Morgan fingerprint density at radius 3 is 2.36 bits per heavy atom. The molecule has 2 N–H and O–H groups in total. The highest BCUT2D eigenvalue weighted by Crippen LogP contribution is 2.05. The van der Waals surface area contributed by atoms with Crippen LogP contribution in [0.5, 0.6) is 0 Å². The molecule has 0 amide bonds. The normalized spacial score (nSPS) is 11.0. The molecule has 0 fully saturated rings. The summed E-state index contributed by atoms with van der Waals surface area (Å²) in [6.07, 6.45) is 10.9. The van der Waals surface area contributed by atoms with Gasteiger partial charge in [-0.05, 0) is 12.8 Å². The molecule has 66 valence electrons. The summed E-state index contributed by atoms with van der Waals surface area (Å²) >= 11 is 0. The Morgan fingerprint density at radius 2 is 1.73 bits per heavy atom. The molecule has 0 saturated carbocycles. The second-order valence-corrected chi connectivity index (χ2v) is 2.89. The van der Waals surface area contributed by atoms with Gasteiger partial charge in [0, 0.05) is 6.21 Å². The highest BCUT2D eigenvalue weighted by atomic mass is 15.1. The number of hydrogen-bond donors (Lipinski definition) is 1. The SMILES string of the molecule is CCCCCCCCC=NN. The van der Waals surface area contributed by atoms with E-state index in [-0.39, 0.29) is 0 Å². The third-order valence-electron chi connectivity index (χ3n) is 1.79. The van der Waals surface area contributed by atoms with Crippen molar-refractivity contribution in [2.75, 3.05) is 0 Å². The number of nitrogens with two attached hydrogens (primary N) is 1. The van der Waals surface area contributed by atoms with Gasteiger partial charge in [0.25, 0.3) is 0 Å².